The van der Waals surface area contributed by atoms with Crippen molar-refractivity contribution in [1.82, 2.24) is 4.98 Å². The number of hydrogen-bond acceptors (Lipinski definition) is 4. The largest absolute Gasteiger partial charge is 0.497 e. The third-order valence-electron chi connectivity index (χ3n) is 3.40. The smallest absolute Gasteiger partial charge is 0.348 e. The molecule has 0 aliphatic rings. The molecule has 0 saturated heterocycles. The average Bonchev–Trinajstić information content (AvgIpc) is 3.05. The lowest BCUT2D eigenvalue weighted by molar-refractivity contribution is 0.0702. The first-order valence-corrected chi connectivity index (χ1v) is 8.10. The van der Waals surface area contributed by atoms with Crippen LogP contribution in [0.5, 0.6) is 5.75 Å². The molecule has 0 unspecified atom stereocenters. The van der Waals surface area contributed by atoms with E-state index in [1.807, 2.05) is 66.7 Å². The number of carboxylic acid groups (broad SMARTS) is 1. The van der Waals surface area contributed by atoms with Gasteiger partial charge in [-0.1, -0.05) is 48.5 Å². The maximum atomic E-state index is 11.5. The molecule has 0 amide bonds. The topological polar surface area (TPSA) is 59.4 Å². The third kappa shape index (κ3) is 3.52. The van der Waals surface area contributed by atoms with Gasteiger partial charge in [-0.2, -0.15) is 0 Å². The van der Waals surface area contributed by atoms with Crippen LogP contribution in [0.25, 0.3) is 23.4 Å². The Kier molecular flexibility index (Phi) is 4.72. The number of nitrogens with zero attached hydrogens (tertiary/aromatic N) is 1. The Labute approximate surface area is 143 Å². The van der Waals surface area contributed by atoms with Gasteiger partial charge in [0.25, 0.3) is 0 Å². The number of carboxylic acids is 1. The lowest BCUT2D eigenvalue weighted by atomic mass is 10.1. The summed E-state index contributed by atoms with van der Waals surface area (Å²) in [5.41, 5.74) is 2.26. The molecule has 2 aromatic carbocycles. The van der Waals surface area contributed by atoms with Crippen molar-refractivity contribution in [2.75, 3.05) is 7.11 Å². The number of ether oxygens (including phenoxy) is 1. The summed E-state index contributed by atoms with van der Waals surface area (Å²) in [7, 11) is 1.62. The summed E-state index contributed by atoms with van der Waals surface area (Å²) in [5.74, 6) is -0.195. The van der Waals surface area contributed by atoms with Gasteiger partial charge in [0, 0.05) is 5.56 Å². The van der Waals surface area contributed by atoms with Crippen LogP contribution >= 0.6 is 11.3 Å². The summed E-state index contributed by atoms with van der Waals surface area (Å²) >= 11 is 1.16. The van der Waals surface area contributed by atoms with E-state index in [2.05, 4.69) is 4.98 Å². The number of benzene rings is 2. The molecule has 0 saturated carbocycles. The molecular formula is C19H15NO3S. The molecule has 24 heavy (non-hydrogen) atoms. The number of rotatable bonds is 5. The van der Waals surface area contributed by atoms with Gasteiger partial charge in [-0.3, -0.25) is 0 Å². The van der Waals surface area contributed by atoms with Gasteiger partial charge in [0.15, 0.2) is 0 Å². The molecule has 3 rings (SSSR count). The number of carbonyl (C=O) groups is 1. The minimum Gasteiger partial charge on any atom is -0.497 e. The standard InChI is InChI=1S/C19H15NO3S/c1-23-15-9-5-6-13(12-15)10-11-16-20-17(18(24-16)19(21)22)14-7-3-2-4-8-14/h2-12H,1H3,(H,21,22)/b11-10+. The van der Waals surface area contributed by atoms with Crippen molar-refractivity contribution in [1.29, 1.82) is 0 Å². The zero-order valence-corrected chi connectivity index (χ0v) is 13.8. The molecule has 1 aromatic heterocycles. The molecule has 0 bridgehead atoms. The molecule has 3 aromatic rings. The van der Waals surface area contributed by atoms with E-state index in [0.29, 0.717) is 10.7 Å². The molecule has 1 N–H and O–H groups in total. The fourth-order valence-electron chi connectivity index (χ4n) is 2.26. The number of hydrogen-bond donors (Lipinski definition) is 1. The number of thiazole rings is 1. The minimum atomic E-state index is -0.965. The van der Waals surface area contributed by atoms with Crippen LogP contribution in [0.15, 0.2) is 54.6 Å². The number of methoxy groups -OCH3 is 1. The first-order valence-electron chi connectivity index (χ1n) is 7.29. The normalized spacial score (nSPS) is 10.9. The number of aromatic carboxylic acids is 1. The average molecular weight is 337 g/mol. The van der Waals surface area contributed by atoms with Crippen molar-refractivity contribution in [3.05, 3.63) is 70.0 Å². The van der Waals surface area contributed by atoms with Crippen molar-refractivity contribution in [3.8, 4) is 17.0 Å². The predicted octanol–water partition coefficient (Wildman–Crippen LogP) is 4.69. The highest BCUT2D eigenvalue weighted by atomic mass is 32.1. The Morgan fingerprint density at radius 1 is 1.12 bits per heavy atom. The maximum Gasteiger partial charge on any atom is 0.348 e. The molecule has 120 valence electrons. The summed E-state index contributed by atoms with van der Waals surface area (Å²) < 4.78 is 5.19. The van der Waals surface area contributed by atoms with Gasteiger partial charge >= 0.3 is 5.97 Å². The third-order valence-corrected chi connectivity index (χ3v) is 4.41. The molecular weight excluding hydrogens is 322 g/mol. The summed E-state index contributed by atoms with van der Waals surface area (Å²) in [6.07, 6.45) is 3.71. The molecule has 0 aliphatic carbocycles. The summed E-state index contributed by atoms with van der Waals surface area (Å²) in [4.78, 5) is 16.2. The predicted molar refractivity (Wildman–Crippen MR) is 96.4 cm³/mol. The van der Waals surface area contributed by atoms with Gasteiger partial charge in [0.1, 0.15) is 15.6 Å². The van der Waals surface area contributed by atoms with Crippen LogP contribution in [0, 0.1) is 0 Å². The van der Waals surface area contributed by atoms with Gasteiger partial charge in [-0.15, -0.1) is 11.3 Å². The van der Waals surface area contributed by atoms with Crippen molar-refractivity contribution < 1.29 is 14.6 Å². The molecule has 5 heteroatoms. The molecule has 4 nitrogen and oxygen atoms in total. The lowest BCUT2D eigenvalue weighted by Gasteiger charge is -1.99. The van der Waals surface area contributed by atoms with Crippen molar-refractivity contribution in [2.45, 2.75) is 0 Å². The van der Waals surface area contributed by atoms with Gasteiger partial charge in [-0.25, -0.2) is 9.78 Å². The Morgan fingerprint density at radius 2 is 1.92 bits per heavy atom. The quantitative estimate of drug-likeness (QED) is 0.734. The first-order chi connectivity index (χ1) is 11.7. The monoisotopic (exact) mass is 337 g/mol. The fourth-order valence-corrected chi connectivity index (χ4v) is 3.09. The van der Waals surface area contributed by atoms with Crippen LogP contribution in [-0.2, 0) is 0 Å². The van der Waals surface area contributed by atoms with E-state index >= 15 is 0 Å². The highest BCUT2D eigenvalue weighted by molar-refractivity contribution is 7.15. The fraction of sp³-hybridized carbons (Fsp3) is 0.0526. The van der Waals surface area contributed by atoms with E-state index in [4.69, 9.17) is 4.74 Å². The van der Waals surface area contributed by atoms with Crippen molar-refractivity contribution in [3.63, 3.8) is 0 Å². The van der Waals surface area contributed by atoms with E-state index in [1.165, 1.54) is 0 Å². The highest BCUT2D eigenvalue weighted by Gasteiger charge is 2.17. The number of aromatic nitrogens is 1. The minimum absolute atomic E-state index is 0.242. The van der Waals surface area contributed by atoms with E-state index in [9.17, 15) is 9.90 Å². The molecule has 0 aliphatic heterocycles. The second-order valence-electron chi connectivity index (χ2n) is 5.01. The zero-order chi connectivity index (χ0) is 16.9. The van der Waals surface area contributed by atoms with Crippen LogP contribution < -0.4 is 4.74 Å². The lowest BCUT2D eigenvalue weighted by Crippen LogP contribution is -1.95. The highest BCUT2D eigenvalue weighted by Crippen LogP contribution is 2.29. The van der Waals surface area contributed by atoms with Gasteiger partial charge < -0.3 is 9.84 Å². The summed E-state index contributed by atoms with van der Waals surface area (Å²) in [6, 6.07) is 17.0. The van der Waals surface area contributed by atoms with Crippen LogP contribution in [0.2, 0.25) is 0 Å². The first kappa shape index (κ1) is 16.0. The molecule has 1 heterocycles. The Morgan fingerprint density at radius 3 is 2.62 bits per heavy atom. The summed E-state index contributed by atoms with van der Waals surface area (Å²) in [5, 5.41) is 10.1. The molecule has 0 fully saturated rings. The molecule has 0 atom stereocenters. The van der Waals surface area contributed by atoms with E-state index in [0.717, 1.165) is 28.2 Å². The van der Waals surface area contributed by atoms with Gasteiger partial charge in [-0.05, 0) is 23.8 Å². The van der Waals surface area contributed by atoms with Crippen LogP contribution in [0.1, 0.15) is 20.2 Å². The van der Waals surface area contributed by atoms with Crippen LogP contribution in [-0.4, -0.2) is 23.2 Å². The van der Waals surface area contributed by atoms with Crippen molar-refractivity contribution >= 4 is 29.5 Å². The van der Waals surface area contributed by atoms with Crippen LogP contribution in [0.4, 0.5) is 0 Å². The summed E-state index contributed by atoms with van der Waals surface area (Å²) in [6.45, 7) is 0. The van der Waals surface area contributed by atoms with Gasteiger partial charge in [0.05, 0.1) is 12.8 Å². The second-order valence-corrected chi connectivity index (χ2v) is 6.04. The van der Waals surface area contributed by atoms with E-state index < -0.39 is 5.97 Å². The van der Waals surface area contributed by atoms with Crippen LogP contribution in [0.3, 0.4) is 0 Å². The maximum absolute atomic E-state index is 11.5. The zero-order valence-electron chi connectivity index (χ0n) is 13.0. The second kappa shape index (κ2) is 7.10. The Hall–Kier alpha value is -2.92. The van der Waals surface area contributed by atoms with E-state index in [-0.39, 0.29) is 4.88 Å². The molecule has 0 spiro atoms. The van der Waals surface area contributed by atoms with Gasteiger partial charge in [0.2, 0.25) is 0 Å². The van der Waals surface area contributed by atoms with E-state index in [1.54, 1.807) is 7.11 Å². The molecule has 0 radical (unpaired) electrons. The Bertz CT molecular complexity index is 885. The Balaban J connectivity index is 1.94. The SMILES string of the molecule is COc1cccc(/C=C/c2nc(-c3ccccc3)c(C(=O)O)s2)c1. The van der Waals surface area contributed by atoms with Crippen molar-refractivity contribution in [2.24, 2.45) is 0 Å².